The number of H-pyrrole nitrogens is 1. The molecule has 1 saturated heterocycles. The third-order valence-corrected chi connectivity index (χ3v) is 3.59. The SMILES string of the molecule is C[C@H]1CC[C@H](c2cc(F)c3[nH]ncc3c2)NC1. The number of fused-ring (bicyclic) bond motifs is 1. The molecule has 0 unspecified atom stereocenters. The monoisotopic (exact) mass is 233 g/mol. The lowest BCUT2D eigenvalue weighted by Gasteiger charge is -2.28. The third kappa shape index (κ3) is 1.93. The van der Waals surface area contributed by atoms with Crippen LogP contribution in [-0.2, 0) is 0 Å². The van der Waals surface area contributed by atoms with Crippen molar-refractivity contribution in [3.05, 3.63) is 29.7 Å². The van der Waals surface area contributed by atoms with Crippen molar-refractivity contribution in [1.29, 1.82) is 0 Å². The molecule has 4 heteroatoms. The van der Waals surface area contributed by atoms with Crippen LogP contribution in [0.3, 0.4) is 0 Å². The molecule has 1 aromatic heterocycles. The number of benzene rings is 1. The van der Waals surface area contributed by atoms with Crippen LogP contribution in [0.25, 0.3) is 10.9 Å². The lowest BCUT2D eigenvalue weighted by molar-refractivity contribution is 0.332. The summed E-state index contributed by atoms with van der Waals surface area (Å²) in [4.78, 5) is 0. The van der Waals surface area contributed by atoms with Crippen LogP contribution in [0.2, 0.25) is 0 Å². The van der Waals surface area contributed by atoms with Crippen molar-refractivity contribution in [3.8, 4) is 0 Å². The van der Waals surface area contributed by atoms with Crippen molar-refractivity contribution in [2.45, 2.75) is 25.8 Å². The molecule has 1 aromatic carbocycles. The molecule has 1 fully saturated rings. The van der Waals surface area contributed by atoms with Gasteiger partial charge in [-0.25, -0.2) is 4.39 Å². The molecule has 2 heterocycles. The van der Waals surface area contributed by atoms with E-state index in [2.05, 4.69) is 22.4 Å². The first-order valence-corrected chi connectivity index (χ1v) is 6.10. The van der Waals surface area contributed by atoms with Gasteiger partial charge in [-0.3, -0.25) is 5.10 Å². The minimum atomic E-state index is -0.213. The number of hydrogen-bond donors (Lipinski definition) is 2. The maximum absolute atomic E-state index is 13.8. The number of aromatic amines is 1. The summed E-state index contributed by atoms with van der Waals surface area (Å²) in [6.45, 7) is 3.25. The third-order valence-electron chi connectivity index (χ3n) is 3.59. The van der Waals surface area contributed by atoms with Gasteiger partial charge in [0.05, 0.1) is 6.20 Å². The van der Waals surface area contributed by atoms with Gasteiger partial charge in [0.15, 0.2) is 0 Å². The molecule has 0 aliphatic carbocycles. The molecular formula is C13H16FN3. The van der Waals surface area contributed by atoms with Gasteiger partial charge >= 0.3 is 0 Å². The van der Waals surface area contributed by atoms with Crippen molar-refractivity contribution in [2.75, 3.05) is 6.54 Å². The maximum atomic E-state index is 13.8. The van der Waals surface area contributed by atoms with Crippen molar-refractivity contribution in [1.82, 2.24) is 15.5 Å². The Hall–Kier alpha value is -1.42. The molecule has 3 rings (SSSR count). The predicted molar refractivity (Wildman–Crippen MR) is 65.2 cm³/mol. The fourth-order valence-electron chi connectivity index (χ4n) is 2.52. The zero-order valence-corrected chi connectivity index (χ0v) is 9.83. The highest BCUT2D eigenvalue weighted by atomic mass is 19.1. The average Bonchev–Trinajstić information content (AvgIpc) is 2.78. The Balaban J connectivity index is 1.94. The topological polar surface area (TPSA) is 40.7 Å². The normalized spacial score (nSPS) is 25.3. The lowest BCUT2D eigenvalue weighted by Crippen LogP contribution is -2.31. The van der Waals surface area contributed by atoms with Crippen molar-refractivity contribution < 1.29 is 4.39 Å². The van der Waals surface area contributed by atoms with Gasteiger partial charge in [-0.05, 0) is 43.0 Å². The van der Waals surface area contributed by atoms with E-state index in [0.29, 0.717) is 11.4 Å². The van der Waals surface area contributed by atoms with E-state index in [9.17, 15) is 4.39 Å². The first-order chi connectivity index (χ1) is 8.24. The van der Waals surface area contributed by atoms with Crippen LogP contribution in [0, 0.1) is 11.7 Å². The second-order valence-electron chi connectivity index (χ2n) is 4.98. The highest BCUT2D eigenvalue weighted by Gasteiger charge is 2.20. The molecule has 2 N–H and O–H groups in total. The molecule has 2 atom stereocenters. The highest BCUT2D eigenvalue weighted by Crippen LogP contribution is 2.28. The second kappa shape index (κ2) is 4.11. The van der Waals surface area contributed by atoms with E-state index in [1.807, 2.05) is 6.07 Å². The van der Waals surface area contributed by atoms with Gasteiger partial charge in [-0.2, -0.15) is 5.10 Å². The summed E-state index contributed by atoms with van der Waals surface area (Å²) in [6.07, 6.45) is 3.94. The van der Waals surface area contributed by atoms with E-state index < -0.39 is 0 Å². The summed E-state index contributed by atoms with van der Waals surface area (Å²) in [5.74, 6) is 0.504. The van der Waals surface area contributed by atoms with Crippen molar-refractivity contribution in [2.24, 2.45) is 5.92 Å². The van der Waals surface area contributed by atoms with Crippen LogP contribution in [0.5, 0.6) is 0 Å². The Labute approximate surface area is 99.4 Å². The molecule has 0 radical (unpaired) electrons. The van der Waals surface area contributed by atoms with Crippen LogP contribution in [0.15, 0.2) is 18.3 Å². The number of piperidine rings is 1. The molecule has 2 aromatic rings. The largest absolute Gasteiger partial charge is 0.310 e. The average molecular weight is 233 g/mol. The lowest BCUT2D eigenvalue weighted by atomic mass is 9.91. The van der Waals surface area contributed by atoms with E-state index in [4.69, 9.17) is 0 Å². The van der Waals surface area contributed by atoms with E-state index in [-0.39, 0.29) is 11.9 Å². The molecule has 90 valence electrons. The Morgan fingerprint density at radius 2 is 2.24 bits per heavy atom. The van der Waals surface area contributed by atoms with Gasteiger partial charge < -0.3 is 5.32 Å². The Morgan fingerprint density at radius 1 is 1.35 bits per heavy atom. The fraction of sp³-hybridized carbons (Fsp3) is 0.462. The zero-order chi connectivity index (χ0) is 11.8. The van der Waals surface area contributed by atoms with Crippen LogP contribution in [-0.4, -0.2) is 16.7 Å². The van der Waals surface area contributed by atoms with Crippen molar-refractivity contribution >= 4 is 10.9 Å². The van der Waals surface area contributed by atoms with Gasteiger partial charge in [0, 0.05) is 11.4 Å². The number of halogens is 1. The molecule has 17 heavy (non-hydrogen) atoms. The van der Waals surface area contributed by atoms with E-state index in [1.54, 1.807) is 12.3 Å². The first-order valence-electron chi connectivity index (χ1n) is 6.10. The van der Waals surface area contributed by atoms with Gasteiger partial charge in [0.1, 0.15) is 11.3 Å². The van der Waals surface area contributed by atoms with E-state index in [0.717, 1.165) is 23.9 Å². The number of aromatic nitrogens is 2. The number of hydrogen-bond acceptors (Lipinski definition) is 2. The molecule has 0 bridgehead atoms. The standard InChI is InChI=1S/C13H16FN3/c1-8-2-3-12(15-6-8)9-4-10-7-16-17-13(10)11(14)5-9/h4-5,7-8,12,15H,2-3,6H2,1H3,(H,16,17)/t8-,12+/m0/s1. The van der Waals surface area contributed by atoms with E-state index >= 15 is 0 Å². The summed E-state index contributed by atoms with van der Waals surface area (Å²) < 4.78 is 13.8. The molecule has 1 aliphatic rings. The zero-order valence-electron chi connectivity index (χ0n) is 9.83. The van der Waals surface area contributed by atoms with Crippen LogP contribution >= 0.6 is 0 Å². The van der Waals surface area contributed by atoms with Crippen LogP contribution in [0.1, 0.15) is 31.4 Å². The van der Waals surface area contributed by atoms with Gasteiger partial charge in [-0.1, -0.05) is 6.92 Å². The van der Waals surface area contributed by atoms with Crippen molar-refractivity contribution in [3.63, 3.8) is 0 Å². The van der Waals surface area contributed by atoms with Crippen LogP contribution in [0.4, 0.5) is 4.39 Å². The van der Waals surface area contributed by atoms with Gasteiger partial charge in [0.25, 0.3) is 0 Å². The quantitative estimate of drug-likeness (QED) is 0.795. The van der Waals surface area contributed by atoms with Gasteiger partial charge in [0.2, 0.25) is 0 Å². The summed E-state index contributed by atoms with van der Waals surface area (Å²) in [5, 5.41) is 10.9. The highest BCUT2D eigenvalue weighted by molar-refractivity contribution is 5.79. The molecule has 1 aliphatic heterocycles. The molecule has 0 spiro atoms. The van der Waals surface area contributed by atoms with Gasteiger partial charge in [-0.15, -0.1) is 0 Å². The number of nitrogens with zero attached hydrogens (tertiary/aromatic N) is 1. The summed E-state index contributed by atoms with van der Waals surface area (Å²) in [6, 6.07) is 3.92. The fourth-order valence-corrected chi connectivity index (χ4v) is 2.52. The first kappa shape index (κ1) is 10.7. The smallest absolute Gasteiger partial charge is 0.149 e. The second-order valence-corrected chi connectivity index (χ2v) is 4.98. The minimum absolute atomic E-state index is 0.213. The summed E-state index contributed by atoms with van der Waals surface area (Å²) >= 11 is 0. The maximum Gasteiger partial charge on any atom is 0.149 e. The molecular weight excluding hydrogens is 217 g/mol. The Kier molecular flexibility index (Phi) is 2.59. The molecule has 0 amide bonds. The number of nitrogens with one attached hydrogen (secondary N) is 2. The predicted octanol–water partition coefficient (Wildman–Crippen LogP) is 2.76. The Bertz CT molecular complexity index is 526. The van der Waals surface area contributed by atoms with Crippen LogP contribution < -0.4 is 5.32 Å². The number of rotatable bonds is 1. The summed E-state index contributed by atoms with van der Waals surface area (Å²) in [7, 11) is 0. The molecule has 3 nitrogen and oxygen atoms in total. The Morgan fingerprint density at radius 3 is 3.00 bits per heavy atom. The minimum Gasteiger partial charge on any atom is -0.310 e. The summed E-state index contributed by atoms with van der Waals surface area (Å²) in [5.41, 5.74) is 1.53. The molecule has 0 saturated carbocycles. The van der Waals surface area contributed by atoms with E-state index in [1.165, 1.54) is 6.42 Å².